The smallest absolute Gasteiger partial charge is 0.255 e. The van der Waals surface area contributed by atoms with Gasteiger partial charge in [0.1, 0.15) is 5.82 Å². The van der Waals surface area contributed by atoms with Crippen molar-refractivity contribution in [3.8, 4) is 0 Å². The fourth-order valence-corrected chi connectivity index (χ4v) is 4.45. The fourth-order valence-electron chi connectivity index (χ4n) is 1.67. The predicted molar refractivity (Wildman–Crippen MR) is 81.9 cm³/mol. The standard InChI is InChI=1S/C13H10Br2FNOS/c1-17(7-8-3-2-4-9(16)5-8)13(18)10-6-11(14)19-12(10)15/h2-6H,7H2,1H3. The van der Waals surface area contributed by atoms with Gasteiger partial charge in [0.05, 0.1) is 13.1 Å². The lowest BCUT2D eigenvalue weighted by Crippen LogP contribution is -2.26. The van der Waals surface area contributed by atoms with Crippen molar-refractivity contribution in [3.05, 3.63) is 54.8 Å². The molecule has 0 bridgehead atoms. The van der Waals surface area contributed by atoms with Crippen LogP contribution in [-0.2, 0) is 6.54 Å². The Hall–Kier alpha value is -0.720. The number of benzene rings is 1. The highest BCUT2D eigenvalue weighted by Gasteiger charge is 2.17. The number of nitrogens with zero attached hydrogens (tertiary/aromatic N) is 1. The number of thiophene rings is 1. The first-order valence-corrected chi connectivity index (χ1v) is 7.82. The Morgan fingerprint density at radius 2 is 2.11 bits per heavy atom. The van der Waals surface area contributed by atoms with E-state index in [1.165, 1.54) is 23.5 Å². The summed E-state index contributed by atoms with van der Waals surface area (Å²) in [5.74, 6) is -0.393. The van der Waals surface area contributed by atoms with E-state index in [1.54, 1.807) is 30.1 Å². The first kappa shape index (κ1) is 14.7. The summed E-state index contributed by atoms with van der Waals surface area (Å²) < 4.78 is 14.8. The van der Waals surface area contributed by atoms with E-state index in [9.17, 15) is 9.18 Å². The summed E-state index contributed by atoms with van der Waals surface area (Å²) in [4.78, 5) is 13.8. The molecule has 0 aliphatic heterocycles. The Bertz CT molecular complexity index is 614. The molecule has 0 unspecified atom stereocenters. The monoisotopic (exact) mass is 405 g/mol. The van der Waals surface area contributed by atoms with Crippen LogP contribution in [0.4, 0.5) is 4.39 Å². The highest BCUT2D eigenvalue weighted by molar-refractivity contribution is 9.12. The number of hydrogen-bond donors (Lipinski definition) is 0. The van der Waals surface area contributed by atoms with Crippen LogP contribution in [0.25, 0.3) is 0 Å². The third kappa shape index (κ3) is 3.64. The van der Waals surface area contributed by atoms with Gasteiger partial charge in [-0.15, -0.1) is 11.3 Å². The summed E-state index contributed by atoms with van der Waals surface area (Å²) in [7, 11) is 1.70. The maximum absolute atomic E-state index is 13.1. The van der Waals surface area contributed by atoms with Gasteiger partial charge in [-0.2, -0.15) is 0 Å². The molecule has 0 aliphatic carbocycles. The molecule has 19 heavy (non-hydrogen) atoms. The van der Waals surface area contributed by atoms with Crippen molar-refractivity contribution in [2.75, 3.05) is 7.05 Å². The normalized spacial score (nSPS) is 10.5. The van der Waals surface area contributed by atoms with Gasteiger partial charge in [-0.05, 0) is 55.6 Å². The molecular weight excluding hydrogens is 397 g/mol. The third-order valence-corrected chi connectivity index (χ3v) is 4.88. The molecule has 100 valence electrons. The summed E-state index contributed by atoms with van der Waals surface area (Å²) in [6.07, 6.45) is 0. The van der Waals surface area contributed by atoms with Gasteiger partial charge in [0.2, 0.25) is 0 Å². The lowest BCUT2D eigenvalue weighted by molar-refractivity contribution is 0.0784. The fraction of sp³-hybridized carbons (Fsp3) is 0.154. The van der Waals surface area contributed by atoms with E-state index in [4.69, 9.17) is 0 Å². The molecule has 1 heterocycles. The van der Waals surface area contributed by atoms with E-state index in [-0.39, 0.29) is 11.7 Å². The topological polar surface area (TPSA) is 20.3 Å². The van der Waals surface area contributed by atoms with E-state index in [0.717, 1.165) is 13.1 Å². The van der Waals surface area contributed by atoms with Crippen LogP contribution in [0.15, 0.2) is 37.9 Å². The summed E-state index contributed by atoms with van der Waals surface area (Å²) >= 11 is 8.16. The summed E-state index contributed by atoms with van der Waals surface area (Å²) in [5.41, 5.74) is 1.37. The summed E-state index contributed by atoms with van der Waals surface area (Å²) in [6.45, 7) is 0.372. The van der Waals surface area contributed by atoms with Crippen LogP contribution in [0.3, 0.4) is 0 Å². The second-order valence-corrected chi connectivity index (χ2v) is 7.78. The molecule has 0 saturated heterocycles. The predicted octanol–water partition coefficient (Wildman–Crippen LogP) is 4.68. The molecule has 0 fully saturated rings. The molecule has 2 rings (SSSR count). The van der Waals surface area contributed by atoms with E-state index in [2.05, 4.69) is 31.9 Å². The summed E-state index contributed by atoms with van der Waals surface area (Å²) in [5, 5.41) is 0. The van der Waals surface area contributed by atoms with Gasteiger partial charge < -0.3 is 4.90 Å². The molecule has 1 amide bonds. The zero-order valence-electron chi connectivity index (χ0n) is 9.99. The Morgan fingerprint density at radius 3 is 2.68 bits per heavy atom. The molecule has 2 aromatic rings. The van der Waals surface area contributed by atoms with Gasteiger partial charge in [-0.3, -0.25) is 4.79 Å². The maximum Gasteiger partial charge on any atom is 0.255 e. The average molecular weight is 407 g/mol. The van der Waals surface area contributed by atoms with Gasteiger partial charge in [-0.1, -0.05) is 12.1 Å². The van der Waals surface area contributed by atoms with Crippen molar-refractivity contribution in [2.45, 2.75) is 6.54 Å². The first-order valence-electron chi connectivity index (χ1n) is 5.42. The Labute approximate surface area is 131 Å². The molecule has 0 spiro atoms. The van der Waals surface area contributed by atoms with Crippen molar-refractivity contribution in [1.82, 2.24) is 4.90 Å². The van der Waals surface area contributed by atoms with Gasteiger partial charge in [0.15, 0.2) is 0 Å². The van der Waals surface area contributed by atoms with Crippen LogP contribution in [0.1, 0.15) is 15.9 Å². The third-order valence-electron chi connectivity index (χ3n) is 2.54. The molecule has 0 N–H and O–H groups in total. The molecule has 0 atom stereocenters. The highest BCUT2D eigenvalue weighted by atomic mass is 79.9. The maximum atomic E-state index is 13.1. The van der Waals surface area contributed by atoms with Crippen molar-refractivity contribution >= 4 is 49.1 Å². The lowest BCUT2D eigenvalue weighted by atomic mass is 10.2. The van der Waals surface area contributed by atoms with E-state index in [0.29, 0.717) is 12.1 Å². The zero-order chi connectivity index (χ0) is 14.0. The Balaban J connectivity index is 2.14. The van der Waals surface area contributed by atoms with Gasteiger partial charge in [-0.25, -0.2) is 4.39 Å². The van der Waals surface area contributed by atoms with E-state index >= 15 is 0 Å². The van der Waals surface area contributed by atoms with Crippen LogP contribution in [0.5, 0.6) is 0 Å². The Kier molecular flexibility index (Phi) is 4.76. The molecule has 0 saturated carbocycles. The van der Waals surface area contributed by atoms with Crippen LogP contribution in [0.2, 0.25) is 0 Å². The van der Waals surface area contributed by atoms with Crippen molar-refractivity contribution in [2.24, 2.45) is 0 Å². The minimum Gasteiger partial charge on any atom is -0.337 e. The summed E-state index contributed by atoms with van der Waals surface area (Å²) in [6, 6.07) is 8.03. The van der Waals surface area contributed by atoms with Crippen molar-refractivity contribution < 1.29 is 9.18 Å². The van der Waals surface area contributed by atoms with Crippen molar-refractivity contribution in [1.29, 1.82) is 0 Å². The minimum atomic E-state index is -0.294. The highest BCUT2D eigenvalue weighted by Crippen LogP contribution is 2.32. The molecule has 0 radical (unpaired) electrons. The van der Waals surface area contributed by atoms with Crippen LogP contribution in [-0.4, -0.2) is 17.9 Å². The zero-order valence-corrected chi connectivity index (χ0v) is 14.0. The average Bonchev–Trinajstić information content (AvgIpc) is 2.67. The number of carbonyl (C=O) groups excluding carboxylic acids is 1. The van der Waals surface area contributed by atoms with Crippen LogP contribution >= 0.6 is 43.2 Å². The number of amides is 1. The van der Waals surface area contributed by atoms with E-state index in [1.807, 2.05) is 0 Å². The quantitative estimate of drug-likeness (QED) is 0.724. The SMILES string of the molecule is CN(Cc1cccc(F)c1)C(=O)c1cc(Br)sc1Br. The molecule has 1 aromatic carbocycles. The second-order valence-electron chi connectivity index (χ2n) is 4.03. The number of rotatable bonds is 3. The first-order chi connectivity index (χ1) is 8.97. The molecular formula is C13H10Br2FNOS. The molecule has 2 nitrogen and oxygen atoms in total. The molecule has 6 heteroatoms. The molecule has 1 aromatic heterocycles. The van der Waals surface area contributed by atoms with Crippen LogP contribution < -0.4 is 0 Å². The van der Waals surface area contributed by atoms with Gasteiger partial charge in [0, 0.05) is 13.6 Å². The minimum absolute atomic E-state index is 0.0990. The van der Waals surface area contributed by atoms with Gasteiger partial charge >= 0.3 is 0 Å². The number of carbonyl (C=O) groups is 1. The number of hydrogen-bond acceptors (Lipinski definition) is 2. The van der Waals surface area contributed by atoms with Crippen LogP contribution in [0, 0.1) is 5.82 Å². The largest absolute Gasteiger partial charge is 0.337 e. The van der Waals surface area contributed by atoms with E-state index < -0.39 is 0 Å². The number of halogens is 3. The van der Waals surface area contributed by atoms with Crippen molar-refractivity contribution in [3.63, 3.8) is 0 Å². The second kappa shape index (κ2) is 6.15. The lowest BCUT2D eigenvalue weighted by Gasteiger charge is -2.17. The molecule has 0 aliphatic rings. The van der Waals surface area contributed by atoms with Gasteiger partial charge in [0.25, 0.3) is 5.91 Å². The Morgan fingerprint density at radius 1 is 1.37 bits per heavy atom.